The van der Waals surface area contributed by atoms with Crippen molar-refractivity contribution >= 4 is 0 Å². The second-order valence-electron chi connectivity index (χ2n) is 4.98. The fraction of sp³-hybridized carbons (Fsp3) is 0.769. The summed E-state index contributed by atoms with van der Waals surface area (Å²) in [6.07, 6.45) is 6.33. The van der Waals surface area contributed by atoms with Gasteiger partial charge in [-0.2, -0.15) is 0 Å². The van der Waals surface area contributed by atoms with E-state index < -0.39 is 0 Å². The van der Waals surface area contributed by atoms with Crippen LogP contribution < -0.4 is 5.32 Å². The van der Waals surface area contributed by atoms with Crippen LogP contribution in [0, 0.1) is 0 Å². The van der Waals surface area contributed by atoms with Crippen LogP contribution in [0.4, 0.5) is 0 Å². The van der Waals surface area contributed by atoms with Gasteiger partial charge in [-0.25, -0.2) is 4.98 Å². The van der Waals surface area contributed by atoms with E-state index in [1.165, 1.54) is 18.5 Å². The van der Waals surface area contributed by atoms with Crippen LogP contribution in [0.2, 0.25) is 0 Å². The first-order valence-electron chi connectivity index (χ1n) is 6.55. The first-order valence-corrected chi connectivity index (χ1v) is 6.55. The van der Waals surface area contributed by atoms with Gasteiger partial charge in [-0.3, -0.25) is 0 Å². The molecule has 0 saturated carbocycles. The van der Waals surface area contributed by atoms with E-state index in [9.17, 15) is 0 Å². The van der Waals surface area contributed by atoms with Gasteiger partial charge in [0, 0.05) is 30.5 Å². The smallest absolute Gasteiger partial charge is 0.0949 e. The molecule has 0 spiro atoms. The molecule has 1 aromatic heterocycles. The maximum Gasteiger partial charge on any atom is 0.0949 e. The van der Waals surface area contributed by atoms with E-state index in [-0.39, 0.29) is 5.41 Å². The van der Waals surface area contributed by atoms with E-state index >= 15 is 0 Å². The number of rotatable bonds is 5. The maximum absolute atomic E-state index is 5.42. The van der Waals surface area contributed by atoms with E-state index in [1.54, 1.807) is 0 Å². The van der Waals surface area contributed by atoms with Crippen LogP contribution in [0.15, 0.2) is 12.5 Å². The Balaban J connectivity index is 2.06. The van der Waals surface area contributed by atoms with Crippen molar-refractivity contribution in [1.29, 1.82) is 0 Å². The minimum atomic E-state index is 0.272. The van der Waals surface area contributed by atoms with Gasteiger partial charge < -0.3 is 14.6 Å². The predicted molar refractivity (Wildman–Crippen MR) is 68.2 cm³/mol. The van der Waals surface area contributed by atoms with Crippen molar-refractivity contribution in [2.75, 3.05) is 26.3 Å². The van der Waals surface area contributed by atoms with E-state index in [0.29, 0.717) is 0 Å². The van der Waals surface area contributed by atoms with Gasteiger partial charge in [0.05, 0.1) is 12.9 Å². The van der Waals surface area contributed by atoms with E-state index in [4.69, 9.17) is 4.74 Å². The molecule has 0 bridgehead atoms. The summed E-state index contributed by atoms with van der Waals surface area (Å²) < 4.78 is 7.67. The molecule has 0 radical (unpaired) electrons. The number of imidazole rings is 1. The number of nitrogens with zero attached hydrogens (tertiary/aromatic N) is 2. The topological polar surface area (TPSA) is 39.1 Å². The van der Waals surface area contributed by atoms with Crippen molar-refractivity contribution in [3.8, 4) is 0 Å². The fourth-order valence-electron chi connectivity index (χ4n) is 2.54. The lowest BCUT2D eigenvalue weighted by molar-refractivity contribution is 0.137. The first kappa shape index (κ1) is 12.6. The minimum absolute atomic E-state index is 0.272. The molecule has 0 amide bonds. The Hall–Kier alpha value is -0.870. The Labute approximate surface area is 103 Å². The lowest BCUT2D eigenvalue weighted by Crippen LogP contribution is -2.39. The van der Waals surface area contributed by atoms with Crippen molar-refractivity contribution in [2.24, 2.45) is 0 Å². The molecule has 0 unspecified atom stereocenters. The van der Waals surface area contributed by atoms with Crippen molar-refractivity contribution in [1.82, 2.24) is 14.9 Å². The quantitative estimate of drug-likeness (QED) is 0.790. The Morgan fingerprint density at radius 2 is 2.24 bits per heavy atom. The van der Waals surface area contributed by atoms with Crippen LogP contribution >= 0.6 is 0 Å². The average molecular weight is 237 g/mol. The first-order chi connectivity index (χ1) is 8.26. The second kappa shape index (κ2) is 5.65. The summed E-state index contributed by atoms with van der Waals surface area (Å²) in [7, 11) is 0. The number of nitrogens with one attached hydrogen (secondary N) is 1. The molecule has 96 valence electrons. The van der Waals surface area contributed by atoms with Crippen molar-refractivity contribution in [3.05, 3.63) is 18.2 Å². The summed E-state index contributed by atoms with van der Waals surface area (Å²) in [5, 5.41) is 3.42. The third-order valence-electron chi connectivity index (χ3n) is 3.72. The number of piperidine rings is 1. The summed E-state index contributed by atoms with van der Waals surface area (Å²) in [5.41, 5.74) is 1.63. The molecule has 0 atom stereocenters. The van der Waals surface area contributed by atoms with E-state index in [2.05, 4.69) is 21.8 Å². The summed E-state index contributed by atoms with van der Waals surface area (Å²) in [6, 6.07) is 0. The largest absolute Gasteiger partial charge is 0.380 e. The molecule has 0 aromatic carbocycles. The van der Waals surface area contributed by atoms with Crippen molar-refractivity contribution < 1.29 is 4.74 Å². The van der Waals surface area contributed by atoms with Gasteiger partial charge in [-0.1, -0.05) is 6.92 Å². The molecule has 2 heterocycles. The highest BCUT2D eigenvalue weighted by Gasteiger charge is 2.31. The van der Waals surface area contributed by atoms with Gasteiger partial charge in [-0.15, -0.1) is 0 Å². The maximum atomic E-state index is 5.42. The van der Waals surface area contributed by atoms with Gasteiger partial charge in [0.1, 0.15) is 0 Å². The molecule has 1 aromatic rings. The number of aromatic nitrogens is 2. The molecule has 1 aliphatic rings. The Kier molecular flexibility index (Phi) is 4.18. The molecule has 1 aliphatic heterocycles. The van der Waals surface area contributed by atoms with Gasteiger partial charge >= 0.3 is 0 Å². The third-order valence-corrected chi connectivity index (χ3v) is 3.72. The molecule has 17 heavy (non-hydrogen) atoms. The Bertz CT molecular complexity index is 342. The summed E-state index contributed by atoms with van der Waals surface area (Å²) in [5.74, 6) is 0. The Morgan fingerprint density at radius 3 is 2.94 bits per heavy atom. The highest BCUT2D eigenvalue weighted by Crippen LogP contribution is 2.32. The molecule has 2 rings (SSSR count). The van der Waals surface area contributed by atoms with Crippen LogP contribution in [0.3, 0.4) is 0 Å². The zero-order valence-corrected chi connectivity index (χ0v) is 10.9. The normalized spacial score (nSPS) is 19.4. The molecule has 0 aliphatic carbocycles. The third kappa shape index (κ3) is 2.87. The number of hydrogen-bond donors (Lipinski definition) is 1. The summed E-state index contributed by atoms with van der Waals surface area (Å²) in [4.78, 5) is 4.31. The number of hydrogen-bond acceptors (Lipinski definition) is 3. The molecule has 1 saturated heterocycles. The zero-order chi connectivity index (χ0) is 12.1. The van der Waals surface area contributed by atoms with Crippen LogP contribution in [-0.4, -0.2) is 35.9 Å². The van der Waals surface area contributed by atoms with Crippen LogP contribution in [0.5, 0.6) is 0 Å². The van der Waals surface area contributed by atoms with Crippen molar-refractivity contribution in [3.63, 3.8) is 0 Å². The molecular formula is C13H23N3O. The predicted octanol–water partition coefficient (Wildman–Crippen LogP) is 1.56. The van der Waals surface area contributed by atoms with Crippen molar-refractivity contribution in [2.45, 2.75) is 38.6 Å². The van der Waals surface area contributed by atoms with Crippen LogP contribution in [0.25, 0.3) is 0 Å². The zero-order valence-electron chi connectivity index (χ0n) is 10.9. The number of ether oxygens (including phenoxy) is 1. The van der Waals surface area contributed by atoms with E-state index in [1.807, 2.05) is 19.4 Å². The molecule has 4 nitrogen and oxygen atoms in total. The monoisotopic (exact) mass is 237 g/mol. The summed E-state index contributed by atoms with van der Waals surface area (Å²) in [6.45, 7) is 9.05. The lowest BCUT2D eigenvalue weighted by atomic mass is 9.78. The Morgan fingerprint density at radius 1 is 1.47 bits per heavy atom. The van der Waals surface area contributed by atoms with Gasteiger partial charge in [0.15, 0.2) is 0 Å². The molecule has 1 N–H and O–H groups in total. The minimum Gasteiger partial charge on any atom is -0.380 e. The van der Waals surface area contributed by atoms with E-state index in [0.717, 1.165) is 32.8 Å². The second-order valence-corrected chi connectivity index (χ2v) is 4.98. The standard InChI is InChI=1S/C13H23N3O/c1-3-17-9-8-16-11-15-10-12(16)13(2)4-6-14-7-5-13/h10-11,14H,3-9H2,1-2H3. The molecular weight excluding hydrogens is 214 g/mol. The van der Waals surface area contributed by atoms with Gasteiger partial charge in [0.25, 0.3) is 0 Å². The lowest BCUT2D eigenvalue weighted by Gasteiger charge is -2.34. The fourth-order valence-corrected chi connectivity index (χ4v) is 2.54. The molecule has 4 heteroatoms. The summed E-state index contributed by atoms with van der Waals surface area (Å²) >= 11 is 0. The van der Waals surface area contributed by atoms with Gasteiger partial charge in [-0.05, 0) is 32.9 Å². The van der Waals surface area contributed by atoms with Crippen LogP contribution in [-0.2, 0) is 16.7 Å². The van der Waals surface area contributed by atoms with Crippen LogP contribution in [0.1, 0.15) is 32.4 Å². The average Bonchev–Trinajstić information content (AvgIpc) is 2.79. The SMILES string of the molecule is CCOCCn1cncc1C1(C)CCNCC1. The van der Waals surface area contributed by atoms with Gasteiger partial charge in [0.2, 0.25) is 0 Å². The highest BCUT2D eigenvalue weighted by atomic mass is 16.5. The highest BCUT2D eigenvalue weighted by molar-refractivity contribution is 5.15. The molecule has 1 fully saturated rings.